The Bertz CT molecular complexity index is 1790. The molecule has 1 amide bonds. The minimum Gasteiger partial charge on any atom is -0.494 e. The van der Waals surface area contributed by atoms with Gasteiger partial charge >= 0.3 is 0 Å². The first-order valence-corrected chi connectivity index (χ1v) is 16.7. The van der Waals surface area contributed by atoms with Crippen molar-refractivity contribution in [2.45, 2.75) is 17.2 Å². The molecule has 0 bridgehead atoms. The topological polar surface area (TPSA) is 150 Å². The van der Waals surface area contributed by atoms with Crippen LogP contribution in [0.1, 0.15) is 28.4 Å². The lowest BCUT2D eigenvalue weighted by Gasteiger charge is -2.26. The summed E-state index contributed by atoms with van der Waals surface area (Å²) in [5, 5.41) is 11.2. The number of carbonyl (C=O) groups is 1. The molecule has 1 aromatic heterocycles. The second-order valence-electron chi connectivity index (χ2n) is 11.1. The first-order valence-electron chi connectivity index (χ1n) is 14.7. The summed E-state index contributed by atoms with van der Waals surface area (Å²) in [6.45, 7) is 5.00. The smallest absolute Gasteiger partial charge is 0.274 e. The van der Waals surface area contributed by atoms with Crippen LogP contribution < -0.4 is 20.1 Å². The van der Waals surface area contributed by atoms with Gasteiger partial charge in [0.2, 0.25) is 10.0 Å². The third kappa shape index (κ3) is 6.10. The number of nitrogens with one attached hydrogen (secondary N) is 2. The maximum Gasteiger partial charge on any atom is 0.274 e. The summed E-state index contributed by atoms with van der Waals surface area (Å²) in [6.07, 6.45) is 0.917. The van der Waals surface area contributed by atoms with E-state index in [2.05, 4.69) is 14.6 Å². The van der Waals surface area contributed by atoms with Crippen molar-refractivity contribution in [2.24, 2.45) is 0 Å². The van der Waals surface area contributed by atoms with E-state index in [-0.39, 0.29) is 35.8 Å². The van der Waals surface area contributed by atoms with Crippen LogP contribution in [0.4, 0.5) is 11.4 Å². The minimum atomic E-state index is -3.83. The Morgan fingerprint density at radius 2 is 1.95 bits per heavy atom. The van der Waals surface area contributed by atoms with Crippen LogP contribution in [0.3, 0.4) is 0 Å². The number of aromatic nitrogens is 1. The Kier molecular flexibility index (Phi) is 8.99. The van der Waals surface area contributed by atoms with Crippen molar-refractivity contribution >= 4 is 60.6 Å². The van der Waals surface area contributed by atoms with Gasteiger partial charge in [-0.3, -0.25) is 9.69 Å². The van der Waals surface area contributed by atoms with Crippen LogP contribution in [0.5, 0.6) is 5.75 Å². The third-order valence-electron chi connectivity index (χ3n) is 8.22. The number of aliphatic hydroxyl groups excluding tert-OH is 1. The summed E-state index contributed by atoms with van der Waals surface area (Å²) in [4.78, 5) is 21.2. The largest absolute Gasteiger partial charge is 0.494 e. The van der Waals surface area contributed by atoms with Crippen LogP contribution in [0.2, 0.25) is 0 Å². The molecule has 1 atom stereocenters. The van der Waals surface area contributed by atoms with Gasteiger partial charge in [-0.1, -0.05) is 6.07 Å². The number of nitrogen functional groups attached to an aromatic ring is 1. The molecule has 4 aromatic rings. The number of carbonyl (C=O) groups excluding carboxylic acids is 1. The number of benzene rings is 3. The second kappa shape index (κ2) is 12.9. The van der Waals surface area contributed by atoms with Crippen LogP contribution in [-0.2, 0) is 14.8 Å². The standard InChI is InChI=1S/C31H36ClN5O6S/c32-18-21-19-37(29-17-26(33)25-16-23(3-4-24(25)30(21)29)44(40,41)34-6-10-38)31(39)28-15-20-14-22(2-5-27(20)35-28)43-11-1-7-36-8-12-42-13-9-36/h2-5,14-17,21,34-35,38H,1,6-13,18-19,33H2. The highest BCUT2D eigenvalue weighted by molar-refractivity contribution is 7.89. The van der Waals surface area contributed by atoms with E-state index in [4.69, 9.17) is 31.9 Å². The van der Waals surface area contributed by atoms with Crippen LogP contribution in [0.25, 0.3) is 21.7 Å². The van der Waals surface area contributed by atoms with Crippen molar-refractivity contribution < 1.29 is 27.8 Å². The van der Waals surface area contributed by atoms with Crippen LogP contribution in [0.15, 0.2) is 53.4 Å². The number of aliphatic hydroxyl groups is 1. The average molecular weight is 642 g/mol. The van der Waals surface area contributed by atoms with E-state index in [1.54, 1.807) is 17.0 Å². The lowest BCUT2D eigenvalue weighted by Crippen LogP contribution is -2.37. The summed E-state index contributed by atoms with van der Waals surface area (Å²) in [6, 6.07) is 14.0. The number of sulfonamides is 1. The van der Waals surface area contributed by atoms with E-state index in [0.29, 0.717) is 35.6 Å². The van der Waals surface area contributed by atoms with Gasteiger partial charge in [-0.05, 0) is 59.8 Å². The van der Waals surface area contributed by atoms with Gasteiger partial charge in [0.1, 0.15) is 11.4 Å². The number of nitrogens with zero attached hydrogens (tertiary/aromatic N) is 2. The third-order valence-corrected chi connectivity index (χ3v) is 10.1. The molecule has 234 valence electrons. The molecule has 1 fully saturated rings. The number of aromatic amines is 1. The quantitative estimate of drug-likeness (QED) is 0.111. The van der Waals surface area contributed by atoms with Gasteiger partial charge in [-0.2, -0.15) is 0 Å². The van der Waals surface area contributed by atoms with E-state index < -0.39 is 10.0 Å². The molecule has 0 saturated carbocycles. The molecular formula is C31H36ClN5O6S. The Morgan fingerprint density at radius 1 is 1.14 bits per heavy atom. The van der Waals surface area contributed by atoms with Crippen molar-refractivity contribution in [3.63, 3.8) is 0 Å². The molecule has 0 aliphatic carbocycles. The maximum atomic E-state index is 13.9. The monoisotopic (exact) mass is 641 g/mol. The zero-order valence-corrected chi connectivity index (χ0v) is 25.8. The number of alkyl halides is 1. The number of morpholine rings is 1. The molecule has 44 heavy (non-hydrogen) atoms. The Labute approximate surface area is 260 Å². The SMILES string of the molecule is Nc1cc2c(c3ccc(S(=O)(=O)NCCO)cc13)C(CCl)CN2C(=O)c1cc2cc(OCCCN3CCOCC3)ccc2[nH]1. The van der Waals surface area contributed by atoms with E-state index >= 15 is 0 Å². The second-order valence-corrected chi connectivity index (χ2v) is 13.2. The molecular weight excluding hydrogens is 606 g/mol. The number of amides is 1. The van der Waals surface area contributed by atoms with Gasteiger partial charge < -0.3 is 30.2 Å². The van der Waals surface area contributed by atoms with Gasteiger partial charge in [0.25, 0.3) is 5.91 Å². The number of halogens is 1. The molecule has 3 heterocycles. The number of ether oxygens (including phenoxy) is 2. The average Bonchev–Trinajstić information content (AvgIpc) is 3.63. The zero-order chi connectivity index (χ0) is 30.8. The summed E-state index contributed by atoms with van der Waals surface area (Å²) < 4.78 is 39.1. The number of rotatable bonds is 11. The summed E-state index contributed by atoms with van der Waals surface area (Å²) >= 11 is 6.40. The predicted octanol–water partition coefficient (Wildman–Crippen LogP) is 3.26. The molecule has 0 spiro atoms. The minimum absolute atomic E-state index is 0.0389. The molecule has 0 radical (unpaired) electrons. The zero-order valence-electron chi connectivity index (χ0n) is 24.2. The molecule has 2 aliphatic heterocycles. The lowest BCUT2D eigenvalue weighted by atomic mass is 9.95. The predicted molar refractivity (Wildman–Crippen MR) is 171 cm³/mol. The normalized spacial score (nSPS) is 17.4. The van der Waals surface area contributed by atoms with Crippen molar-refractivity contribution in [2.75, 3.05) is 75.7 Å². The van der Waals surface area contributed by atoms with Crippen LogP contribution >= 0.6 is 11.6 Å². The Morgan fingerprint density at radius 3 is 2.73 bits per heavy atom. The molecule has 13 heteroatoms. The first-order chi connectivity index (χ1) is 21.3. The van der Waals surface area contributed by atoms with E-state index in [0.717, 1.165) is 66.9 Å². The summed E-state index contributed by atoms with van der Waals surface area (Å²) in [5.74, 6) is 0.635. The number of hydrogen-bond donors (Lipinski definition) is 4. The fourth-order valence-corrected chi connectivity index (χ4v) is 7.31. The molecule has 1 unspecified atom stereocenters. The summed E-state index contributed by atoms with van der Waals surface area (Å²) in [7, 11) is -3.83. The fourth-order valence-electron chi connectivity index (χ4n) is 6.01. The number of nitrogens with two attached hydrogens (primary N) is 1. The van der Waals surface area contributed by atoms with Crippen LogP contribution in [-0.4, -0.2) is 94.3 Å². The number of fused-ring (bicyclic) bond motifs is 4. The number of anilines is 2. The van der Waals surface area contributed by atoms with E-state index in [1.165, 1.54) is 12.1 Å². The molecule has 5 N–H and O–H groups in total. The molecule has 2 aliphatic rings. The van der Waals surface area contributed by atoms with Gasteiger partial charge in [0.05, 0.1) is 37.0 Å². The lowest BCUT2D eigenvalue weighted by molar-refractivity contribution is 0.0358. The summed E-state index contributed by atoms with van der Waals surface area (Å²) in [5.41, 5.74) is 9.55. The fraction of sp³-hybridized carbons (Fsp3) is 0.387. The highest BCUT2D eigenvalue weighted by Crippen LogP contribution is 2.45. The van der Waals surface area contributed by atoms with Gasteiger partial charge in [-0.15, -0.1) is 11.6 Å². The maximum absolute atomic E-state index is 13.9. The van der Waals surface area contributed by atoms with Crippen molar-refractivity contribution in [3.8, 4) is 5.75 Å². The number of hydrogen-bond acceptors (Lipinski definition) is 8. The van der Waals surface area contributed by atoms with Gasteiger partial charge in [0.15, 0.2) is 0 Å². The highest BCUT2D eigenvalue weighted by Gasteiger charge is 2.35. The molecule has 1 saturated heterocycles. The van der Waals surface area contributed by atoms with Crippen LogP contribution in [0, 0.1) is 0 Å². The first kappa shape index (κ1) is 30.6. The Hall–Kier alpha value is -3.39. The van der Waals surface area contributed by atoms with Gasteiger partial charge in [0, 0.05) is 66.5 Å². The van der Waals surface area contributed by atoms with E-state index in [1.807, 2.05) is 24.3 Å². The Balaban J connectivity index is 1.22. The van der Waals surface area contributed by atoms with Crippen molar-refractivity contribution in [1.29, 1.82) is 0 Å². The molecule has 3 aromatic carbocycles. The van der Waals surface area contributed by atoms with Crippen molar-refractivity contribution in [3.05, 3.63) is 59.8 Å². The molecule has 6 rings (SSSR count). The van der Waals surface area contributed by atoms with Gasteiger partial charge in [-0.25, -0.2) is 13.1 Å². The number of H-pyrrole nitrogens is 1. The van der Waals surface area contributed by atoms with Crippen molar-refractivity contribution in [1.82, 2.24) is 14.6 Å². The highest BCUT2D eigenvalue weighted by atomic mass is 35.5. The van der Waals surface area contributed by atoms with E-state index in [9.17, 15) is 13.2 Å². The molecule has 11 nitrogen and oxygen atoms in total.